The van der Waals surface area contributed by atoms with Crippen molar-refractivity contribution < 1.29 is 0 Å². The lowest BCUT2D eigenvalue weighted by Gasteiger charge is -2.27. The van der Waals surface area contributed by atoms with E-state index in [2.05, 4.69) is 20.9 Å². The lowest BCUT2D eigenvalue weighted by molar-refractivity contribution is 0.427. The molecule has 3 rings (SSSR count). The lowest BCUT2D eigenvalue weighted by Crippen LogP contribution is -2.40. The van der Waals surface area contributed by atoms with Crippen LogP contribution in [-0.4, -0.2) is 22.6 Å². The predicted octanol–water partition coefficient (Wildman–Crippen LogP) is 1.49. The summed E-state index contributed by atoms with van der Waals surface area (Å²) < 4.78 is 2.17. The molecule has 1 aromatic carbocycles. The van der Waals surface area contributed by atoms with Crippen molar-refractivity contribution in [2.45, 2.75) is 12.5 Å². The normalized spacial score (nSPS) is 15.1. The van der Waals surface area contributed by atoms with Gasteiger partial charge in [-0.15, -0.1) is 0 Å². The molecule has 0 radical (unpaired) electrons. The van der Waals surface area contributed by atoms with E-state index in [9.17, 15) is 0 Å². The van der Waals surface area contributed by atoms with Crippen LogP contribution in [0.1, 0.15) is 22.7 Å². The van der Waals surface area contributed by atoms with Gasteiger partial charge in [0.1, 0.15) is 0 Å². The minimum absolute atomic E-state index is 0.576. The fraction of sp³-hybridized carbons (Fsp3) is 0.286. The van der Waals surface area contributed by atoms with E-state index in [1.54, 1.807) is 0 Å². The molecule has 0 bridgehead atoms. The highest BCUT2D eigenvalue weighted by Crippen LogP contribution is 2.20. The highest BCUT2D eigenvalue weighted by atomic mass is 15.1. The van der Waals surface area contributed by atoms with E-state index in [0.717, 1.165) is 25.2 Å². The Morgan fingerprint density at radius 1 is 1.44 bits per heavy atom. The zero-order valence-electron chi connectivity index (χ0n) is 10.0. The summed E-state index contributed by atoms with van der Waals surface area (Å²) in [7, 11) is 0. The van der Waals surface area contributed by atoms with Crippen LogP contribution in [-0.2, 0) is 6.54 Å². The number of nitrogens with one attached hydrogen (secondary N) is 1. The highest BCUT2D eigenvalue weighted by Gasteiger charge is 2.22. The van der Waals surface area contributed by atoms with Gasteiger partial charge in [0.2, 0.25) is 0 Å². The van der Waals surface area contributed by atoms with Gasteiger partial charge < -0.3 is 9.88 Å². The number of nitrogens with zero attached hydrogens (tertiary/aromatic N) is 3. The summed E-state index contributed by atoms with van der Waals surface area (Å²) in [4.78, 5) is 4.23. The molecule has 0 amide bonds. The van der Waals surface area contributed by atoms with Gasteiger partial charge in [-0.25, -0.2) is 4.98 Å². The summed E-state index contributed by atoms with van der Waals surface area (Å²) in [6.45, 7) is 2.84. The number of benzene rings is 1. The molecule has 0 unspecified atom stereocenters. The molecule has 1 N–H and O–H groups in total. The Labute approximate surface area is 106 Å². The number of aromatic nitrogens is 2. The second-order valence-electron chi connectivity index (χ2n) is 4.61. The second kappa shape index (κ2) is 4.63. The van der Waals surface area contributed by atoms with E-state index in [-0.39, 0.29) is 0 Å². The smallest absolute Gasteiger partial charge is 0.0991 e. The Kier molecular flexibility index (Phi) is 2.83. The standard InChI is InChI=1S/C14H14N4/c15-5-11-2-1-3-12(4-11)9-18-10-17-8-14(18)13-6-16-7-13/h1-4,8,10,13,16H,6-7,9H2. The molecule has 18 heavy (non-hydrogen) atoms. The lowest BCUT2D eigenvalue weighted by atomic mass is 10.00. The van der Waals surface area contributed by atoms with Gasteiger partial charge in [-0.2, -0.15) is 5.26 Å². The molecule has 1 aliphatic heterocycles. The first kappa shape index (κ1) is 11.0. The molecule has 1 fully saturated rings. The van der Waals surface area contributed by atoms with Gasteiger partial charge in [0, 0.05) is 37.4 Å². The molecule has 0 spiro atoms. The van der Waals surface area contributed by atoms with Crippen molar-refractivity contribution in [2.75, 3.05) is 13.1 Å². The molecule has 0 aliphatic carbocycles. The summed E-state index contributed by atoms with van der Waals surface area (Å²) in [5, 5.41) is 12.2. The fourth-order valence-electron chi connectivity index (χ4n) is 2.24. The molecule has 1 saturated heterocycles. The van der Waals surface area contributed by atoms with Crippen molar-refractivity contribution >= 4 is 0 Å². The Morgan fingerprint density at radius 2 is 2.33 bits per heavy atom. The Balaban J connectivity index is 1.83. The molecular formula is C14H14N4. The van der Waals surface area contributed by atoms with Crippen LogP contribution >= 0.6 is 0 Å². The van der Waals surface area contributed by atoms with E-state index in [1.807, 2.05) is 36.8 Å². The average molecular weight is 238 g/mol. The third kappa shape index (κ3) is 2.01. The monoisotopic (exact) mass is 238 g/mol. The van der Waals surface area contributed by atoms with Crippen LogP contribution in [0.2, 0.25) is 0 Å². The Hall–Kier alpha value is -2.12. The van der Waals surface area contributed by atoms with Crippen LogP contribution in [0, 0.1) is 11.3 Å². The minimum atomic E-state index is 0.576. The third-order valence-electron chi connectivity index (χ3n) is 3.35. The summed E-state index contributed by atoms with van der Waals surface area (Å²) in [5.74, 6) is 0.576. The van der Waals surface area contributed by atoms with Crippen LogP contribution in [0.4, 0.5) is 0 Å². The molecule has 2 heterocycles. The first-order valence-corrected chi connectivity index (χ1v) is 6.06. The summed E-state index contributed by atoms with van der Waals surface area (Å²) in [6, 6.07) is 9.90. The zero-order chi connectivity index (χ0) is 12.4. The topological polar surface area (TPSA) is 53.6 Å². The number of rotatable bonds is 3. The van der Waals surface area contributed by atoms with Crippen molar-refractivity contribution in [3.63, 3.8) is 0 Å². The fourth-order valence-corrected chi connectivity index (χ4v) is 2.24. The number of hydrogen-bond donors (Lipinski definition) is 1. The number of nitriles is 1. The minimum Gasteiger partial charge on any atom is -0.330 e. The predicted molar refractivity (Wildman–Crippen MR) is 68.1 cm³/mol. The van der Waals surface area contributed by atoms with Crippen LogP contribution < -0.4 is 5.32 Å². The van der Waals surface area contributed by atoms with Crippen molar-refractivity contribution in [1.29, 1.82) is 5.26 Å². The average Bonchev–Trinajstić information content (AvgIpc) is 2.75. The molecule has 0 atom stereocenters. The summed E-state index contributed by atoms with van der Waals surface area (Å²) in [5.41, 5.74) is 3.12. The van der Waals surface area contributed by atoms with E-state index in [1.165, 1.54) is 5.69 Å². The summed E-state index contributed by atoms with van der Waals surface area (Å²) >= 11 is 0. The zero-order valence-corrected chi connectivity index (χ0v) is 10.0. The van der Waals surface area contributed by atoms with Gasteiger partial charge in [0.15, 0.2) is 0 Å². The Morgan fingerprint density at radius 3 is 3.06 bits per heavy atom. The second-order valence-corrected chi connectivity index (χ2v) is 4.61. The maximum absolute atomic E-state index is 8.90. The van der Waals surface area contributed by atoms with E-state index in [4.69, 9.17) is 5.26 Å². The molecule has 4 nitrogen and oxygen atoms in total. The van der Waals surface area contributed by atoms with Gasteiger partial charge >= 0.3 is 0 Å². The molecule has 1 aromatic heterocycles. The SMILES string of the molecule is N#Cc1cccc(Cn2cncc2C2CNC2)c1. The quantitative estimate of drug-likeness (QED) is 0.881. The third-order valence-corrected chi connectivity index (χ3v) is 3.35. The van der Waals surface area contributed by atoms with Gasteiger partial charge in [-0.1, -0.05) is 12.1 Å². The van der Waals surface area contributed by atoms with Gasteiger partial charge in [-0.05, 0) is 17.7 Å². The molecule has 0 saturated carbocycles. The molecule has 2 aromatic rings. The van der Waals surface area contributed by atoms with Gasteiger partial charge in [0.05, 0.1) is 18.0 Å². The van der Waals surface area contributed by atoms with Crippen LogP contribution in [0.15, 0.2) is 36.8 Å². The maximum Gasteiger partial charge on any atom is 0.0991 e. The van der Waals surface area contributed by atoms with Crippen LogP contribution in [0.5, 0.6) is 0 Å². The van der Waals surface area contributed by atoms with E-state index >= 15 is 0 Å². The van der Waals surface area contributed by atoms with E-state index in [0.29, 0.717) is 11.5 Å². The maximum atomic E-state index is 8.90. The largest absolute Gasteiger partial charge is 0.330 e. The Bertz CT molecular complexity index is 590. The van der Waals surface area contributed by atoms with Gasteiger partial charge in [-0.3, -0.25) is 0 Å². The first-order valence-electron chi connectivity index (χ1n) is 6.06. The number of hydrogen-bond acceptors (Lipinski definition) is 3. The van der Waals surface area contributed by atoms with Crippen molar-refractivity contribution in [3.8, 4) is 6.07 Å². The number of imidazole rings is 1. The van der Waals surface area contributed by atoms with Gasteiger partial charge in [0.25, 0.3) is 0 Å². The van der Waals surface area contributed by atoms with Crippen molar-refractivity contribution in [3.05, 3.63) is 53.6 Å². The van der Waals surface area contributed by atoms with Crippen LogP contribution in [0.3, 0.4) is 0 Å². The molecular weight excluding hydrogens is 224 g/mol. The van der Waals surface area contributed by atoms with Crippen molar-refractivity contribution in [2.24, 2.45) is 0 Å². The van der Waals surface area contributed by atoms with E-state index < -0.39 is 0 Å². The van der Waals surface area contributed by atoms with Crippen LogP contribution in [0.25, 0.3) is 0 Å². The van der Waals surface area contributed by atoms with Crippen molar-refractivity contribution in [1.82, 2.24) is 14.9 Å². The highest BCUT2D eigenvalue weighted by molar-refractivity contribution is 5.33. The summed E-state index contributed by atoms with van der Waals surface area (Å²) in [6.07, 6.45) is 3.81. The molecule has 90 valence electrons. The molecule has 1 aliphatic rings. The molecule has 4 heteroatoms. The first-order chi connectivity index (χ1) is 8.86.